The third-order valence-corrected chi connectivity index (χ3v) is 6.55. The Morgan fingerprint density at radius 2 is 1.68 bits per heavy atom. The molecule has 4 aromatic carbocycles. The Labute approximate surface area is 219 Å². The molecule has 0 spiro atoms. The van der Waals surface area contributed by atoms with E-state index < -0.39 is 17.7 Å². The number of benzene rings is 4. The van der Waals surface area contributed by atoms with E-state index in [1.165, 1.54) is 12.0 Å². The molecular formula is C31H24N2O5. The number of hydrogen-bond donors (Lipinski definition) is 1. The smallest absolute Gasteiger partial charge is 0.300 e. The number of aliphatic hydroxyl groups is 1. The van der Waals surface area contributed by atoms with E-state index in [1.54, 1.807) is 54.6 Å². The molecular weight excluding hydrogens is 480 g/mol. The number of fused-ring (bicyclic) bond motifs is 1. The third kappa shape index (κ3) is 4.22. The number of rotatable bonds is 6. The number of nitrogens with zero attached hydrogens (tertiary/aromatic N) is 2. The maximum atomic E-state index is 13.5. The number of carbonyl (C=O) groups is 2. The fourth-order valence-corrected chi connectivity index (χ4v) is 4.73. The zero-order valence-corrected chi connectivity index (χ0v) is 20.8. The summed E-state index contributed by atoms with van der Waals surface area (Å²) in [6.07, 6.45) is 0. The van der Waals surface area contributed by atoms with Crippen LogP contribution in [0.1, 0.15) is 29.7 Å². The van der Waals surface area contributed by atoms with Crippen molar-refractivity contribution in [2.75, 3.05) is 18.6 Å². The van der Waals surface area contributed by atoms with Gasteiger partial charge in [-0.1, -0.05) is 42.5 Å². The lowest BCUT2D eigenvalue weighted by molar-refractivity contribution is -0.132. The predicted octanol–water partition coefficient (Wildman–Crippen LogP) is 5.75. The molecule has 4 aromatic rings. The van der Waals surface area contributed by atoms with Gasteiger partial charge in [0.1, 0.15) is 5.76 Å². The molecule has 0 aliphatic carbocycles. The highest BCUT2D eigenvalue weighted by Crippen LogP contribution is 2.44. The minimum Gasteiger partial charge on any atom is -0.507 e. The van der Waals surface area contributed by atoms with Gasteiger partial charge in [0.25, 0.3) is 11.7 Å². The van der Waals surface area contributed by atoms with E-state index in [-0.39, 0.29) is 11.3 Å². The van der Waals surface area contributed by atoms with Gasteiger partial charge in [-0.05, 0) is 65.7 Å². The van der Waals surface area contributed by atoms with Crippen molar-refractivity contribution in [3.05, 3.63) is 107 Å². The largest absolute Gasteiger partial charge is 0.507 e. The van der Waals surface area contributed by atoms with Crippen molar-refractivity contribution in [2.45, 2.75) is 13.0 Å². The molecule has 1 N–H and O–H groups in total. The number of hydrogen-bond acceptors (Lipinski definition) is 6. The predicted molar refractivity (Wildman–Crippen MR) is 144 cm³/mol. The summed E-state index contributed by atoms with van der Waals surface area (Å²) in [5, 5.41) is 22.6. The zero-order valence-electron chi connectivity index (χ0n) is 20.8. The number of Topliss-reactive ketones (excluding diaryl/α,β-unsaturated/α-hetero) is 1. The number of nitriles is 1. The Morgan fingerprint density at radius 3 is 2.37 bits per heavy atom. The second-order valence-corrected chi connectivity index (χ2v) is 8.73. The number of anilines is 1. The maximum Gasteiger partial charge on any atom is 0.300 e. The SMILES string of the molecule is CCOc1cc(C2/C(=C(\O)c3ccc4ccccc4c3)C(=O)C(=O)N2c2ccc(C#N)cc2)ccc1OC. The molecule has 1 aliphatic heterocycles. The highest BCUT2D eigenvalue weighted by atomic mass is 16.5. The van der Waals surface area contributed by atoms with Crippen molar-refractivity contribution in [3.8, 4) is 17.6 Å². The Morgan fingerprint density at radius 1 is 0.947 bits per heavy atom. The van der Waals surface area contributed by atoms with Gasteiger partial charge in [-0.25, -0.2) is 0 Å². The van der Waals surface area contributed by atoms with Crippen molar-refractivity contribution >= 4 is 33.9 Å². The van der Waals surface area contributed by atoms with E-state index in [9.17, 15) is 20.0 Å². The van der Waals surface area contributed by atoms with Crippen LogP contribution in [0.4, 0.5) is 5.69 Å². The molecule has 0 saturated carbocycles. The third-order valence-electron chi connectivity index (χ3n) is 6.55. The zero-order chi connectivity index (χ0) is 26.8. The van der Waals surface area contributed by atoms with Crippen molar-refractivity contribution in [2.24, 2.45) is 0 Å². The van der Waals surface area contributed by atoms with Gasteiger partial charge in [0, 0.05) is 11.3 Å². The van der Waals surface area contributed by atoms with Crippen LogP contribution in [0.5, 0.6) is 11.5 Å². The molecule has 1 amide bonds. The fourth-order valence-electron chi connectivity index (χ4n) is 4.73. The quantitative estimate of drug-likeness (QED) is 0.204. The molecule has 0 aromatic heterocycles. The Balaban J connectivity index is 1.73. The van der Waals surface area contributed by atoms with Crippen molar-refractivity contribution in [1.29, 1.82) is 5.26 Å². The van der Waals surface area contributed by atoms with Crippen molar-refractivity contribution < 1.29 is 24.2 Å². The van der Waals surface area contributed by atoms with Crippen LogP contribution >= 0.6 is 0 Å². The summed E-state index contributed by atoms with van der Waals surface area (Å²) in [4.78, 5) is 28.3. The summed E-state index contributed by atoms with van der Waals surface area (Å²) < 4.78 is 11.2. The summed E-state index contributed by atoms with van der Waals surface area (Å²) in [5.41, 5.74) is 1.77. The second kappa shape index (κ2) is 10.1. The molecule has 5 rings (SSSR count). The standard InChI is InChI=1S/C31H24N2O5/c1-3-38-26-17-22(12-15-25(26)37-2)28-27(29(34)23-11-10-20-6-4-5-7-21(20)16-23)30(35)31(36)33(28)24-13-8-19(18-32)9-14-24/h4-17,28,34H,3H2,1-2H3/b29-27+. The number of aliphatic hydroxyl groups excluding tert-OH is 1. The van der Waals surface area contributed by atoms with Gasteiger partial charge < -0.3 is 14.6 Å². The average molecular weight is 505 g/mol. The monoisotopic (exact) mass is 504 g/mol. The van der Waals surface area contributed by atoms with Gasteiger partial charge in [-0.3, -0.25) is 14.5 Å². The first kappa shape index (κ1) is 24.6. The highest BCUT2D eigenvalue weighted by Gasteiger charge is 2.47. The van der Waals surface area contributed by atoms with Gasteiger partial charge in [-0.2, -0.15) is 5.26 Å². The van der Waals surface area contributed by atoms with Gasteiger partial charge in [-0.15, -0.1) is 0 Å². The minimum atomic E-state index is -0.945. The van der Waals surface area contributed by atoms with Gasteiger partial charge in [0.2, 0.25) is 0 Å². The first-order chi connectivity index (χ1) is 18.5. The van der Waals surface area contributed by atoms with E-state index in [2.05, 4.69) is 6.07 Å². The normalized spacial score (nSPS) is 16.4. The van der Waals surface area contributed by atoms with E-state index >= 15 is 0 Å². The van der Waals surface area contributed by atoms with E-state index in [0.717, 1.165) is 10.8 Å². The first-order valence-corrected chi connectivity index (χ1v) is 12.1. The molecule has 7 heteroatoms. The van der Waals surface area contributed by atoms with E-state index in [4.69, 9.17) is 9.47 Å². The Hall–Kier alpha value is -5.09. The number of methoxy groups -OCH3 is 1. The van der Waals surface area contributed by atoms with Crippen LogP contribution in [0.2, 0.25) is 0 Å². The lowest BCUT2D eigenvalue weighted by Crippen LogP contribution is -2.29. The number of ketones is 1. The summed E-state index contributed by atoms with van der Waals surface area (Å²) in [6, 6.07) is 25.7. The molecule has 1 aliphatic rings. The van der Waals surface area contributed by atoms with Crippen LogP contribution in [0.15, 0.2) is 90.5 Å². The van der Waals surface area contributed by atoms with Gasteiger partial charge in [0.15, 0.2) is 11.5 Å². The molecule has 188 valence electrons. The fraction of sp³-hybridized carbons (Fsp3) is 0.129. The van der Waals surface area contributed by atoms with E-state index in [1.807, 2.05) is 37.3 Å². The number of carbonyl (C=O) groups excluding carboxylic acids is 2. The molecule has 38 heavy (non-hydrogen) atoms. The number of amides is 1. The molecule has 0 bridgehead atoms. The van der Waals surface area contributed by atoms with Crippen LogP contribution in [0, 0.1) is 11.3 Å². The summed E-state index contributed by atoms with van der Waals surface area (Å²) >= 11 is 0. The molecule has 1 atom stereocenters. The highest BCUT2D eigenvalue weighted by molar-refractivity contribution is 6.51. The van der Waals surface area contributed by atoms with Crippen LogP contribution in [-0.4, -0.2) is 30.5 Å². The minimum absolute atomic E-state index is 0.0396. The van der Waals surface area contributed by atoms with Crippen LogP contribution in [0.25, 0.3) is 16.5 Å². The lowest BCUT2D eigenvalue weighted by atomic mass is 9.94. The lowest BCUT2D eigenvalue weighted by Gasteiger charge is -2.26. The average Bonchev–Trinajstić information content (AvgIpc) is 3.22. The Kier molecular flexibility index (Phi) is 6.55. The van der Waals surface area contributed by atoms with E-state index in [0.29, 0.717) is 40.5 Å². The maximum absolute atomic E-state index is 13.5. The van der Waals surface area contributed by atoms with Crippen LogP contribution in [-0.2, 0) is 9.59 Å². The van der Waals surface area contributed by atoms with Crippen LogP contribution in [0.3, 0.4) is 0 Å². The molecule has 1 saturated heterocycles. The topological polar surface area (TPSA) is 99.9 Å². The molecule has 0 radical (unpaired) electrons. The second-order valence-electron chi connectivity index (χ2n) is 8.73. The van der Waals surface area contributed by atoms with Crippen molar-refractivity contribution in [3.63, 3.8) is 0 Å². The summed E-state index contributed by atoms with van der Waals surface area (Å²) in [5.74, 6) is -0.914. The number of ether oxygens (including phenoxy) is 2. The van der Waals surface area contributed by atoms with Crippen LogP contribution < -0.4 is 14.4 Å². The molecule has 1 fully saturated rings. The molecule has 1 unspecified atom stereocenters. The Bertz CT molecular complexity index is 1630. The van der Waals surface area contributed by atoms with Gasteiger partial charge >= 0.3 is 0 Å². The molecule has 7 nitrogen and oxygen atoms in total. The van der Waals surface area contributed by atoms with Crippen molar-refractivity contribution in [1.82, 2.24) is 0 Å². The first-order valence-electron chi connectivity index (χ1n) is 12.1. The molecule has 1 heterocycles. The summed E-state index contributed by atoms with van der Waals surface area (Å²) in [6.45, 7) is 2.22. The summed E-state index contributed by atoms with van der Waals surface area (Å²) in [7, 11) is 1.53. The van der Waals surface area contributed by atoms with Gasteiger partial charge in [0.05, 0.1) is 37.0 Å².